The lowest BCUT2D eigenvalue weighted by Gasteiger charge is -2.39. The van der Waals surface area contributed by atoms with Gasteiger partial charge in [0.05, 0.1) is 44.9 Å². The number of alkyl halides is 2. The number of hydrogen-bond acceptors (Lipinski definition) is 10. The van der Waals surface area contributed by atoms with Gasteiger partial charge in [0.1, 0.15) is 0 Å². The van der Waals surface area contributed by atoms with Crippen molar-refractivity contribution in [3.8, 4) is 0 Å². The van der Waals surface area contributed by atoms with E-state index in [9.17, 15) is 29.1 Å². The highest BCUT2D eigenvalue weighted by Gasteiger charge is 2.40. The van der Waals surface area contributed by atoms with Gasteiger partial charge in [0.2, 0.25) is 17.8 Å². The van der Waals surface area contributed by atoms with Gasteiger partial charge in [-0.1, -0.05) is 22.4 Å². The Labute approximate surface area is 264 Å². The van der Waals surface area contributed by atoms with Crippen LogP contribution in [0, 0.1) is 11.8 Å². The lowest BCUT2D eigenvalue weighted by Crippen LogP contribution is -2.53. The van der Waals surface area contributed by atoms with Gasteiger partial charge < -0.3 is 30.0 Å². The minimum atomic E-state index is -0.842. The molecule has 2 saturated carbocycles. The van der Waals surface area contributed by atoms with Gasteiger partial charge in [0, 0.05) is 28.1 Å². The number of aliphatic imine (C=N–C) groups is 1. The van der Waals surface area contributed by atoms with Crippen molar-refractivity contribution < 1.29 is 43.3 Å². The molecule has 0 radical (unpaired) electrons. The molecule has 43 heavy (non-hydrogen) atoms. The number of ether oxygens (including phenoxy) is 3. The molecule has 14 nitrogen and oxygen atoms in total. The van der Waals surface area contributed by atoms with E-state index in [0.29, 0.717) is 38.5 Å². The third-order valence-corrected chi connectivity index (χ3v) is 8.39. The fourth-order valence-corrected chi connectivity index (χ4v) is 6.65. The van der Waals surface area contributed by atoms with Crippen LogP contribution in [0.1, 0.15) is 65.7 Å². The van der Waals surface area contributed by atoms with Gasteiger partial charge in [-0.15, -0.1) is 11.6 Å². The number of carbonyl (C=O) groups is 5. The van der Waals surface area contributed by atoms with Crippen LogP contribution in [0.25, 0.3) is 0 Å². The van der Waals surface area contributed by atoms with E-state index >= 15 is 0 Å². The van der Waals surface area contributed by atoms with Crippen molar-refractivity contribution in [2.75, 3.05) is 26.4 Å². The maximum Gasteiger partial charge on any atom is 0.413 e. The van der Waals surface area contributed by atoms with Gasteiger partial charge in [0.15, 0.2) is 0 Å². The molecule has 16 heteroatoms. The summed E-state index contributed by atoms with van der Waals surface area (Å²) < 4.78 is 14.8. The van der Waals surface area contributed by atoms with E-state index in [0.717, 1.165) is 0 Å². The van der Waals surface area contributed by atoms with Crippen molar-refractivity contribution in [3.05, 3.63) is 0 Å². The van der Waals surface area contributed by atoms with Crippen LogP contribution in [0.4, 0.5) is 9.59 Å². The quantitative estimate of drug-likeness (QED) is 0.0707. The number of amides is 4. The van der Waals surface area contributed by atoms with Crippen LogP contribution in [0.5, 0.6) is 0 Å². The molecule has 0 saturated heterocycles. The predicted molar refractivity (Wildman–Crippen MR) is 161 cm³/mol. The average molecular weight is 697 g/mol. The molecular formula is C27H43BrClN5O9. The highest BCUT2D eigenvalue weighted by Crippen LogP contribution is 2.35. The molecule has 0 aliphatic heterocycles. The molecule has 0 heterocycles. The van der Waals surface area contributed by atoms with Crippen LogP contribution in [0.2, 0.25) is 0 Å². The summed E-state index contributed by atoms with van der Waals surface area (Å²) in [5.41, 5.74) is 0. The summed E-state index contributed by atoms with van der Waals surface area (Å²) in [7, 11) is 0. The topological polar surface area (TPSA) is 194 Å². The highest BCUT2D eigenvalue weighted by atomic mass is 79.9. The monoisotopic (exact) mass is 695 g/mol. The number of nitrogens with zero attached hydrogens (tertiary/aromatic N) is 1. The maximum absolute atomic E-state index is 13.0. The van der Waals surface area contributed by atoms with E-state index in [2.05, 4.69) is 42.2 Å². The first-order valence-corrected chi connectivity index (χ1v) is 16.0. The van der Waals surface area contributed by atoms with Gasteiger partial charge in [0.25, 0.3) is 0 Å². The van der Waals surface area contributed by atoms with Gasteiger partial charge in [-0.3, -0.25) is 25.0 Å². The zero-order valence-corrected chi connectivity index (χ0v) is 27.1. The van der Waals surface area contributed by atoms with Crippen LogP contribution in [-0.2, 0) is 28.6 Å². The second-order valence-corrected chi connectivity index (χ2v) is 12.1. The maximum atomic E-state index is 13.0. The Kier molecular flexibility index (Phi) is 16.1. The molecule has 2 rings (SSSR count). The standard InChI is InChI=1S/C27H43BrClN5O9/c1-4-41-22(36)13-20(18-11-16(29)12-19(28)23(18)37)32-21(35)14-30-24(38)15-8-7-9-17(10-15)31-25(33-26(39)42-5-2)34-27(40)43-6-3/h15-20,23,37H,4-14H2,1-3H3,(H,30,38)(H,32,35)(H2,31,33,34,39,40). The molecule has 7 unspecified atom stereocenters. The Hall–Kier alpha value is -2.65. The molecule has 2 fully saturated rings. The van der Waals surface area contributed by atoms with Gasteiger partial charge in [-0.2, -0.15) is 0 Å². The number of nitrogens with one attached hydrogen (secondary N) is 4. The smallest absolute Gasteiger partial charge is 0.413 e. The van der Waals surface area contributed by atoms with E-state index in [1.54, 1.807) is 20.8 Å². The Morgan fingerprint density at radius 3 is 2.19 bits per heavy atom. The fraction of sp³-hybridized carbons (Fsp3) is 0.778. The SMILES string of the molecule is CCOC(=O)CC(NC(=O)CNC(=O)C1CCCC(N=C(NC(=O)OCC)NC(=O)OCC)C1)C1CC(Cl)CC(Br)C1O. The second-order valence-electron chi connectivity index (χ2n) is 10.3. The van der Waals surface area contributed by atoms with Gasteiger partial charge in [-0.05, 0) is 52.9 Å². The molecular weight excluding hydrogens is 654 g/mol. The first kappa shape index (κ1) is 36.5. The van der Waals surface area contributed by atoms with Crippen molar-refractivity contribution in [2.45, 2.75) is 94.1 Å². The molecule has 0 aromatic carbocycles. The molecule has 0 spiro atoms. The number of carbonyl (C=O) groups excluding carboxylic acids is 5. The molecule has 0 bridgehead atoms. The fourth-order valence-electron chi connectivity index (χ4n) is 5.19. The van der Waals surface area contributed by atoms with Crippen molar-refractivity contribution in [3.63, 3.8) is 0 Å². The lowest BCUT2D eigenvalue weighted by atomic mass is 9.80. The van der Waals surface area contributed by atoms with Crippen LogP contribution >= 0.6 is 27.5 Å². The van der Waals surface area contributed by atoms with E-state index in [-0.39, 0.29) is 54.9 Å². The first-order chi connectivity index (χ1) is 20.5. The molecule has 0 aromatic heterocycles. The number of esters is 1. The first-order valence-electron chi connectivity index (χ1n) is 14.6. The van der Waals surface area contributed by atoms with E-state index < -0.39 is 54.1 Å². The normalized spacial score (nSPS) is 25.7. The Balaban J connectivity index is 2.01. The summed E-state index contributed by atoms with van der Waals surface area (Å²) in [6, 6.07) is -1.15. The zero-order valence-electron chi connectivity index (χ0n) is 24.7. The van der Waals surface area contributed by atoms with E-state index in [1.165, 1.54) is 0 Å². The number of alkyl carbamates (subject to hydrolysis) is 2. The van der Waals surface area contributed by atoms with Crippen molar-refractivity contribution >= 4 is 63.5 Å². The third-order valence-electron chi connectivity index (χ3n) is 7.12. The molecule has 2 aliphatic rings. The lowest BCUT2D eigenvalue weighted by molar-refractivity contribution is -0.144. The minimum Gasteiger partial charge on any atom is -0.466 e. The number of aliphatic hydroxyl groups is 1. The summed E-state index contributed by atoms with van der Waals surface area (Å²) in [6.07, 6.45) is 0.481. The molecule has 7 atom stereocenters. The number of hydrogen-bond donors (Lipinski definition) is 5. The van der Waals surface area contributed by atoms with Crippen molar-refractivity contribution in [2.24, 2.45) is 16.8 Å². The van der Waals surface area contributed by atoms with Gasteiger partial charge >= 0.3 is 18.2 Å². The highest BCUT2D eigenvalue weighted by molar-refractivity contribution is 9.09. The zero-order chi connectivity index (χ0) is 31.9. The second kappa shape index (κ2) is 18.9. The number of rotatable bonds is 11. The van der Waals surface area contributed by atoms with Crippen LogP contribution < -0.4 is 21.3 Å². The molecule has 2 aliphatic carbocycles. The minimum absolute atomic E-state index is 0.118. The summed E-state index contributed by atoms with van der Waals surface area (Å²) in [4.78, 5) is 66.1. The Morgan fingerprint density at radius 1 is 0.953 bits per heavy atom. The number of halogens is 2. The van der Waals surface area contributed by atoms with Crippen LogP contribution in [0.15, 0.2) is 4.99 Å². The van der Waals surface area contributed by atoms with Crippen LogP contribution in [-0.4, -0.2) is 95.8 Å². The number of guanidine groups is 1. The summed E-state index contributed by atoms with van der Waals surface area (Å²) in [5.74, 6) is -2.51. The Bertz CT molecular complexity index is 982. The summed E-state index contributed by atoms with van der Waals surface area (Å²) in [6.45, 7) is 5.01. The summed E-state index contributed by atoms with van der Waals surface area (Å²) in [5, 5.41) is 20.7. The summed E-state index contributed by atoms with van der Waals surface area (Å²) >= 11 is 9.80. The molecule has 244 valence electrons. The Morgan fingerprint density at radius 2 is 1.58 bits per heavy atom. The van der Waals surface area contributed by atoms with E-state index in [1.807, 2.05) is 0 Å². The number of aliphatic hydroxyl groups excluding tert-OH is 1. The van der Waals surface area contributed by atoms with Crippen LogP contribution in [0.3, 0.4) is 0 Å². The predicted octanol–water partition coefficient (Wildman–Crippen LogP) is 2.09. The van der Waals surface area contributed by atoms with E-state index in [4.69, 9.17) is 25.8 Å². The average Bonchev–Trinajstić information content (AvgIpc) is 2.93. The van der Waals surface area contributed by atoms with Crippen molar-refractivity contribution in [1.82, 2.24) is 21.3 Å². The molecule has 0 aromatic rings. The molecule has 4 amide bonds. The molecule has 5 N–H and O–H groups in total. The third kappa shape index (κ3) is 12.9. The van der Waals surface area contributed by atoms with Gasteiger partial charge in [-0.25, -0.2) is 14.6 Å². The largest absolute Gasteiger partial charge is 0.466 e. The van der Waals surface area contributed by atoms with Crippen molar-refractivity contribution in [1.29, 1.82) is 0 Å².